The van der Waals surface area contributed by atoms with E-state index < -0.39 is 134 Å². The molecule has 0 bridgehead atoms. The molecule has 6 aliphatic heterocycles. The van der Waals surface area contributed by atoms with Crippen LogP contribution < -0.4 is 47.9 Å². The van der Waals surface area contributed by atoms with E-state index in [2.05, 4.69) is 47.9 Å². The molecule has 6 fully saturated rings. The van der Waals surface area contributed by atoms with Crippen LogP contribution in [0.15, 0.2) is 0 Å². The van der Waals surface area contributed by atoms with Crippen LogP contribution in [0.1, 0.15) is 132 Å². The summed E-state index contributed by atoms with van der Waals surface area (Å²) < 4.78 is 57.0. The van der Waals surface area contributed by atoms with Gasteiger partial charge in [0.25, 0.3) is 17.7 Å². The molecule has 0 aromatic carbocycles. The predicted octanol–water partition coefficient (Wildman–Crippen LogP) is 1.88. The zero-order valence-electron chi connectivity index (χ0n) is 58.8. The van der Waals surface area contributed by atoms with Gasteiger partial charge in [-0.15, -0.1) is 0 Å². The number of rotatable bonds is 23. The molecular weight excluding hydrogens is 1220 g/mol. The van der Waals surface area contributed by atoms with Crippen molar-refractivity contribution in [2.45, 2.75) is 223 Å². The number of carbonyl (C=O) groups excluding carboxylic acids is 10. The Kier molecular flexibility index (Phi) is 28.0. The van der Waals surface area contributed by atoms with Gasteiger partial charge < -0.3 is 81.0 Å². The maximum absolute atomic E-state index is 14.5. The number of carbonyl (C=O) groups is 10. The zero-order chi connectivity index (χ0) is 70.1. The van der Waals surface area contributed by atoms with E-state index in [1.54, 1.807) is 6.92 Å². The molecule has 0 spiro atoms. The number of nitrogens with one attached hydrogen (secondary N) is 9. The van der Waals surface area contributed by atoms with Crippen molar-refractivity contribution < 1.29 is 85.5 Å². The first kappa shape index (κ1) is 77.4. The van der Waals surface area contributed by atoms with E-state index in [9.17, 15) is 52.3 Å². The molecule has 0 saturated carbocycles. The highest BCUT2D eigenvalue weighted by atomic mass is 19.1. The summed E-state index contributed by atoms with van der Waals surface area (Å²) in [6, 6.07) is -2.11. The van der Waals surface area contributed by atoms with Gasteiger partial charge in [-0.25, -0.2) is 9.18 Å². The maximum atomic E-state index is 14.5. The number of amides is 9. The summed E-state index contributed by atoms with van der Waals surface area (Å²) in [5, 5.41) is 26.2. The van der Waals surface area contributed by atoms with E-state index in [0.717, 1.165) is 0 Å². The summed E-state index contributed by atoms with van der Waals surface area (Å²) in [6.07, 6.45) is -9.91. The molecule has 30 atom stereocenters. The van der Waals surface area contributed by atoms with Crippen molar-refractivity contribution in [3.05, 3.63) is 0 Å². The summed E-state index contributed by atoms with van der Waals surface area (Å²) >= 11 is 0. The second-order valence-electron chi connectivity index (χ2n) is 28.6. The predicted molar refractivity (Wildman–Crippen MR) is 343 cm³/mol. The Balaban J connectivity index is 1.06. The van der Waals surface area contributed by atoms with Crippen molar-refractivity contribution in [1.29, 1.82) is 0 Å². The van der Waals surface area contributed by atoms with E-state index in [1.165, 1.54) is 20.8 Å². The summed E-state index contributed by atoms with van der Waals surface area (Å²) in [7, 11) is 0. The molecule has 0 radical (unpaired) electrons. The Labute approximate surface area is 554 Å². The monoisotopic (exact) mass is 1330 g/mol. The molecule has 0 aliphatic carbocycles. The average molecular weight is 1330 g/mol. The van der Waals surface area contributed by atoms with Crippen LogP contribution in [0.4, 0.5) is 4.39 Å². The van der Waals surface area contributed by atoms with Gasteiger partial charge in [-0.05, 0) is 95.7 Å². The minimum Gasteiger partial charge on any atom is -0.464 e. The lowest BCUT2D eigenvalue weighted by molar-refractivity contribution is -0.180. The lowest BCUT2D eigenvalue weighted by Crippen LogP contribution is -2.64. The molecule has 9 amide bonds. The molecule has 6 heterocycles. The number of alkyl halides is 1. The third-order valence-electron chi connectivity index (χ3n) is 23.0. The van der Waals surface area contributed by atoms with Gasteiger partial charge in [0.15, 0.2) is 25.0 Å². The van der Waals surface area contributed by atoms with E-state index in [1.807, 2.05) is 104 Å². The third kappa shape index (κ3) is 18.3. The van der Waals surface area contributed by atoms with Gasteiger partial charge in [-0.2, -0.15) is 0 Å². The molecule has 534 valence electrons. The smallest absolute Gasteiger partial charge is 0.337 e. The second-order valence-corrected chi connectivity index (χ2v) is 28.6. The van der Waals surface area contributed by atoms with Crippen molar-refractivity contribution in [3.8, 4) is 0 Å². The van der Waals surface area contributed by atoms with Gasteiger partial charge in [0, 0.05) is 60.0 Å². The highest BCUT2D eigenvalue weighted by Gasteiger charge is 2.52. The molecule has 6 saturated heterocycles. The van der Waals surface area contributed by atoms with Crippen LogP contribution in [0.5, 0.6) is 0 Å². The fourth-order valence-electron chi connectivity index (χ4n) is 14.9. The molecule has 0 aromatic heterocycles. The first-order valence-corrected chi connectivity index (χ1v) is 34.3. The largest absolute Gasteiger partial charge is 0.464 e. The maximum Gasteiger partial charge on any atom is 0.337 e. The van der Waals surface area contributed by atoms with Gasteiger partial charge in [0.1, 0.15) is 18.3 Å². The van der Waals surface area contributed by atoms with Crippen molar-refractivity contribution in [3.63, 3.8) is 0 Å². The summed E-state index contributed by atoms with van der Waals surface area (Å²) in [5.41, 5.74) is 0. The van der Waals surface area contributed by atoms with Crippen LogP contribution in [0.2, 0.25) is 0 Å². The first-order chi connectivity index (χ1) is 44.1. The number of hydrogen-bond donors (Lipinski definition) is 9. The molecule has 26 nitrogen and oxygen atoms in total. The summed E-state index contributed by atoms with van der Waals surface area (Å²) in [4.78, 5) is 133. The van der Waals surface area contributed by atoms with Gasteiger partial charge in [0.05, 0.1) is 61.4 Å². The Morgan fingerprint density at radius 1 is 0.309 bits per heavy atom. The topological polar surface area (TPSA) is 344 Å². The highest BCUT2D eigenvalue weighted by molar-refractivity contribution is 5.86. The normalized spacial score (nSPS) is 40.6. The molecule has 27 heteroatoms. The molecule has 1 unspecified atom stereocenters. The number of esters is 1. The third-order valence-corrected chi connectivity index (χ3v) is 23.0. The van der Waals surface area contributed by atoms with E-state index in [4.69, 9.17) is 33.2 Å². The van der Waals surface area contributed by atoms with E-state index in [0.29, 0.717) is 0 Å². The molecule has 94 heavy (non-hydrogen) atoms. The SMILES string of the molecule is CCOC(=O)[C@@H]1O[C@H](CNC(=O)[C@@H]2O[C@H](CNC(=O)[C@@H]3O[C@H](CNC(=O)[C@@H]4O[C@H](CNC(=O)[C@@H]5O[C@H](CNC(=O)[C@@H]6O[C@H](CNC(=O)CF)[C@@H](C)[C@H](C)[C@H]6C)[C@@H](C)[C@H](C)[C@H]5NC(C)=O)[C@@H](C)[C@H](C)[C@H]4C)[C@@H](C)[C@H](C)[C@H]3NC(C)=O)C(C)[C@H](C)[C@H]2C)[C@@H](C)[C@H](C)[C@H]1NC(C)=O. The Bertz CT molecular complexity index is 2660. The van der Waals surface area contributed by atoms with Crippen molar-refractivity contribution in [2.24, 2.45) is 88.8 Å². The molecule has 9 N–H and O–H groups in total. The molecular formula is C67H112FN9O17. The van der Waals surface area contributed by atoms with E-state index in [-0.39, 0.29) is 158 Å². The lowest BCUT2D eigenvalue weighted by atomic mass is 9.76. The minimum atomic E-state index is -1.19. The van der Waals surface area contributed by atoms with Crippen LogP contribution >= 0.6 is 0 Å². The first-order valence-electron chi connectivity index (χ1n) is 34.3. The summed E-state index contributed by atoms with van der Waals surface area (Å²) in [5.74, 6) is -7.17. The average Bonchev–Trinajstić information content (AvgIpc) is 0.813. The van der Waals surface area contributed by atoms with Gasteiger partial charge in [-0.1, -0.05) is 104 Å². The van der Waals surface area contributed by atoms with Crippen LogP contribution in [0, 0.1) is 88.8 Å². The van der Waals surface area contributed by atoms with Gasteiger partial charge in [0.2, 0.25) is 35.4 Å². The van der Waals surface area contributed by atoms with Crippen LogP contribution in [-0.2, 0) is 81.1 Å². The Morgan fingerprint density at radius 2 is 0.532 bits per heavy atom. The number of ether oxygens (including phenoxy) is 7. The van der Waals surface area contributed by atoms with Crippen LogP contribution in [-0.4, -0.2) is 203 Å². The fraction of sp³-hybridized carbons (Fsp3) is 0.851. The standard InChI is InChI=1S/C67H112FN9O17/c1-20-88-67(87)61-55(77-45(19)80)39(13)36(10)51(94-61)27-72-64(84)58-42(16)30(4)33(7)48(91-58)24-74-66(86)60-54(76-44(18)79)38(12)35(9)50(93-60)26-71-63(83)57-41(15)29(3)32(6)47(90-57)23-73-65(85)59-53(75-43(17)78)37(11)34(8)49(92-59)25-70-62(82)56-40(14)28(2)31(5)46(89-56)22-69-52(81)21-68/h28-42,46-51,53-61H,20-27H2,1-19H3,(H,69,81)(H,70,82)(H,71,83)(H,72,84)(H,73,85)(H,74,86)(H,75,78)(H,76,79)(H,77,80)/t28-,29-,30-,31-,32-,33?,34-,35-,36-,37-,38-,39-,40+,41+,42+,46+,47+,48+,49+,50+,51+,53+,54+,55+,56+,57+,58+,59+,60+,61+/m0/s1. The second kappa shape index (κ2) is 34.1. The Morgan fingerprint density at radius 3 is 0.787 bits per heavy atom. The van der Waals surface area contributed by atoms with Crippen molar-refractivity contribution in [2.75, 3.05) is 52.6 Å². The zero-order valence-corrected chi connectivity index (χ0v) is 58.8. The van der Waals surface area contributed by atoms with E-state index >= 15 is 0 Å². The summed E-state index contributed by atoms with van der Waals surface area (Å²) in [6.45, 7) is 34.2. The highest BCUT2D eigenvalue weighted by Crippen LogP contribution is 2.40. The minimum absolute atomic E-state index is 0.00450. The number of halogens is 1. The lowest BCUT2D eigenvalue weighted by Gasteiger charge is -2.46. The molecule has 6 rings (SSSR count). The number of hydrogen-bond acceptors (Lipinski definition) is 17. The van der Waals surface area contributed by atoms with Gasteiger partial charge >= 0.3 is 5.97 Å². The van der Waals surface area contributed by atoms with Crippen molar-refractivity contribution in [1.82, 2.24) is 47.9 Å². The molecule has 0 aromatic rings. The van der Waals surface area contributed by atoms with Crippen LogP contribution in [0.25, 0.3) is 0 Å². The Hall–Kier alpha value is -5.61. The fourth-order valence-corrected chi connectivity index (χ4v) is 14.9. The van der Waals surface area contributed by atoms with Crippen LogP contribution in [0.3, 0.4) is 0 Å². The molecule has 6 aliphatic rings. The van der Waals surface area contributed by atoms with Crippen molar-refractivity contribution >= 4 is 59.1 Å². The van der Waals surface area contributed by atoms with Gasteiger partial charge in [-0.3, -0.25) is 43.2 Å². The quantitative estimate of drug-likeness (QED) is 0.0660.